The van der Waals surface area contributed by atoms with Crippen LogP contribution in [0.15, 0.2) is 72.3 Å². The molecule has 0 saturated heterocycles. The van der Waals surface area contributed by atoms with Crippen LogP contribution in [0.5, 0.6) is 0 Å². The zero-order valence-electron chi connectivity index (χ0n) is 27.2. The highest BCUT2D eigenvalue weighted by Gasteiger charge is 2.50. The molecule has 0 radical (unpaired) electrons. The van der Waals surface area contributed by atoms with Crippen molar-refractivity contribution in [2.75, 3.05) is 6.61 Å². The van der Waals surface area contributed by atoms with Gasteiger partial charge in [-0.25, -0.2) is 9.59 Å². The van der Waals surface area contributed by atoms with E-state index < -0.39 is 37.9 Å². The molecule has 0 bridgehead atoms. The van der Waals surface area contributed by atoms with Crippen LogP contribution in [0.3, 0.4) is 0 Å². The monoisotopic (exact) mass is 595 g/mol. The third-order valence-electron chi connectivity index (χ3n) is 7.36. The lowest BCUT2D eigenvalue weighted by Crippen LogP contribution is -2.66. The largest absolute Gasteiger partial charge is 0.480 e. The van der Waals surface area contributed by atoms with Crippen molar-refractivity contribution in [3.63, 3.8) is 0 Å². The van der Waals surface area contributed by atoms with Gasteiger partial charge in [0.2, 0.25) is 0 Å². The molecule has 0 heterocycles. The molecule has 6 nitrogen and oxygen atoms in total. The first-order valence-corrected chi connectivity index (χ1v) is 17.2. The summed E-state index contributed by atoms with van der Waals surface area (Å²) in [6, 6.07) is 19.7. The number of carbonyl (C=O) groups is 2. The van der Waals surface area contributed by atoms with Crippen LogP contribution in [-0.2, 0) is 14.0 Å². The molecule has 0 unspecified atom stereocenters. The number of allylic oxidation sites excluding steroid dienone is 1. The summed E-state index contributed by atoms with van der Waals surface area (Å²) in [6.45, 7) is 18.6. The summed E-state index contributed by atoms with van der Waals surface area (Å²) in [4.78, 5) is 25.6. The Morgan fingerprint density at radius 2 is 1.43 bits per heavy atom. The Morgan fingerprint density at radius 1 is 0.905 bits per heavy atom. The second kappa shape index (κ2) is 15.5. The molecule has 2 atom stereocenters. The van der Waals surface area contributed by atoms with Crippen molar-refractivity contribution in [3.05, 3.63) is 72.3 Å². The zero-order valence-corrected chi connectivity index (χ0v) is 28.2. The molecular weight excluding hydrogens is 542 g/mol. The summed E-state index contributed by atoms with van der Waals surface area (Å²) >= 11 is 0. The molecule has 0 aliphatic carbocycles. The molecule has 0 aliphatic heterocycles. The van der Waals surface area contributed by atoms with Crippen LogP contribution in [0.4, 0.5) is 4.79 Å². The highest BCUT2D eigenvalue weighted by atomic mass is 28.4. The number of carboxylic acid groups (broad SMARTS) is 1. The minimum absolute atomic E-state index is 0.160. The van der Waals surface area contributed by atoms with E-state index in [-0.39, 0.29) is 17.6 Å². The topological polar surface area (TPSA) is 84.9 Å². The minimum atomic E-state index is -2.87. The molecule has 2 aromatic carbocycles. The van der Waals surface area contributed by atoms with Crippen LogP contribution in [-0.4, -0.2) is 43.7 Å². The maximum Gasteiger partial charge on any atom is 0.408 e. The van der Waals surface area contributed by atoms with E-state index >= 15 is 0 Å². The van der Waals surface area contributed by atoms with Crippen LogP contribution < -0.4 is 15.7 Å². The molecule has 1 amide bonds. The number of nitrogens with one attached hydrogen (secondary N) is 1. The Labute approximate surface area is 255 Å². The van der Waals surface area contributed by atoms with Crippen molar-refractivity contribution < 1.29 is 23.9 Å². The van der Waals surface area contributed by atoms with Crippen LogP contribution in [0, 0.1) is 11.8 Å². The molecular formula is C35H53NO5Si. The SMILES string of the molecule is CCCCC[C@H](/C(=C/C(C)C)CO[Si](c1ccccc1)(c1ccccc1)C(C)(C)C)[C@H](NC(=O)OC(C)(C)C)C(=O)O. The molecule has 0 spiro atoms. The fraction of sp³-hybridized carbons (Fsp3) is 0.543. The smallest absolute Gasteiger partial charge is 0.408 e. The van der Waals surface area contributed by atoms with Gasteiger partial charge in [0.1, 0.15) is 11.6 Å². The molecule has 2 N–H and O–H groups in total. The molecule has 232 valence electrons. The molecule has 42 heavy (non-hydrogen) atoms. The van der Waals surface area contributed by atoms with Crippen LogP contribution in [0.25, 0.3) is 0 Å². The fourth-order valence-corrected chi connectivity index (χ4v) is 10.1. The van der Waals surface area contributed by atoms with Gasteiger partial charge >= 0.3 is 12.1 Å². The van der Waals surface area contributed by atoms with Crippen molar-refractivity contribution in [1.29, 1.82) is 0 Å². The Bertz CT molecular complexity index is 1110. The summed E-state index contributed by atoms with van der Waals surface area (Å²) in [6.07, 6.45) is 4.83. The lowest BCUT2D eigenvalue weighted by molar-refractivity contribution is -0.140. The van der Waals surface area contributed by atoms with Gasteiger partial charge < -0.3 is 19.6 Å². The van der Waals surface area contributed by atoms with Crippen LogP contribution in [0.2, 0.25) is 5.04 Å². The van der Waals surface area contributed by atoms with E-state index in [0.717, 1.165) is 35.2 Å². The Morgan fingerprint density at radius 3 is 1.83 bits per heavy atom. The van der Waals surface area contributed by atoms with Gasteiger partial charge in [0.05, 0.1) is 6.61 Å². The normalized spacial score (nSPS) is 14.4. The molecule has 0 aliphatic rings. The second-order valence-corrected chi connectivity index (χ2v) is 17.8. The second-order valence-electron chi connectivity index (χ2n) is 13.5. The van der Waals surface area contributed by atoms with Crippen molar-refractivity contribution >= 4 is 30.8 Å². The highest BCUT2D eigenvalue weighted by Crippen LogP contribution is 2.38. The standard InChI is InChI=1S/C35H53NO5Si/c1-10-11-14-23-30(31(32(37)38)36-33(39)41-34(4,5)6)27(24-26(2)3)25-40-42(35(7,8)9,28-19-15-12-16-20-28)29-21-17-13-18-22-29/h12-13,15-22,24,26,30-31H,10-11,14,23,25H2,1-9H3,(H,36,39)(H,37,38)/b27-24+/t30-,31+/m1/s1. The van der Waals surface area contributed by atoms with Gasteiger partial charge in [-0.05, 0) is 54.1 Å². The molecule has 2 aromatic rings. The quantitative estimate of drug-likeness (QED) is 0.136. The fourth-order valence-electron chi connectivity index (χ4n) is 5.61. The Balaban J connectivity index is 2.64. The predicted octanol–water partition coefficient (Wildman–Crippen LogP) is 7.32. The van der Waals surface area contributed by atoms with E-state index in [1.165, 1.54) is 0 Å². The number of benzene rings is 2. The molecule has 7 heteroatoms. The van der Waals surface area contributed by atoms with Gasteiger partial charge in [-0.1, -0.05) is 128 Å². The van der Waals surface area contributed by atoms with Gasteiger partial charge in [-0.3, -0.25) is 0 Å². The number of hydrogen-bond donors (Lipinski definition) is 2. The number of aliphatic carboxylic acids is 1. The average molecular weight is 596 g/mol. The maximum atomic E-state index is 12.8. The third kappa shape index (κ3) is 9.84. The third-order valence-corrected chi connectivity index (χ3v) is 12.3. The van der Waals surface area contributed by atoms with Crippen molar-refractivity contribution in [1.82, 2.24) is 5.32 Å². The zero-order chi connectivity index (χ0) is 31.6. The summed E-state index contributed by atoms with van der Waals surface area (Å²) < 4.78 is 12.7. The maximum absolute atomic E-state index is 12.8. The average Bonchev–Trinajstić information content (AvgIpc) is 2.89. The van der Waals surface area contributed by atoms with E-state index in [2.05, 4.69) is 101 Å². The lowest BCUT2D eigenvalue weighted by Gasteiger charge is -2.43. The van der Waals surface area contributed by atoms with Gasteiger partial charge in [-0.2, -0.15) is 0 Å². The van der Waals surface area contributed by atoms with Gasteiger partial charge in [-0.15, -0.1) is 0 Å². The van der Waals surface area contributed by atoms with E-state index in [1.807, 2.05) is 12.1 Å². The van der Waals surface area contributed by atoms with Crippen molar-refractivity contribution in [2.24, 2.45) is 11.8 Å². The number of ether oxygens (including phenoxy) is 1. The van der Waals surface area contributed by atoms with E-state index in [1.54, 1.807) is 20.8 Å². The predicted molar refractivity (Wildman–Crippen MR) is 175 cm³/mol. The van der Waals surface area contributed by atoms with Crippen molar-refractivity contribution in [3.8, 4) is 0 Å². The number of unbranched alkanes of at least 4 members (excludes halogenated alkanes) is 2. The molecule has 0 aromatic heterocycles. The number of carboxylic acids is 1. The van der Waals surface area contributed by atoms with Crippen LogP contribution in [0.1, 0.15) is 88.0 Å². The van der Waals surface area contributed by atoms with E-state index in [0.29, 0.717) is 6.42 Å². The molecule has 0 fully saturated rings. The van der Waals surface area contributed by atoms with E-state index in [4.69, 9.17) is 9.16 Å². The number of carbonyl (C=O) groups excluding carboxylic acids is 1. The molecule has 0 saturated carbocycles. The van der Waals surface area contributed by atoms with E-state index in [9.17, 15) is 14.7 Å². The van der Waals surface area contributed by atoms with Crippen molar-refractivity contribution in [2.45, 2.75) is 105 Å². The lowest BCUT2D eigenvalue weighted by atomic mass is 9.85. The Hall–Kier alpha value is -2.90. The summed E-state index contributed by atoms with van der Waals surface area (Å²) in [7, 11) is -2.87. The highest BCUT2D eigenvalue weighted by molar-refractivity contribution is 6.99. The first-order valence-electron chi connectivity index (χ1n) is 15.3. The summed E-state index contributed by atoms with van der Waals surface area (Å²) in [5.41, 5.74) is 0.158. The summed E-state index contributed by atoms with van der Waals surface area (Å²) in [5.74, 6) is -1.38. The van der Waals surface area contributed by atoms with Crippen LogP contribution >= 0.6 is 0 Å². The number of hydrogen-bond acceptors (Lipinski definition) is 4. The first-order chi connectivity index (χ1) is 19.6. The van der Waals surface area contributed by atoms with Gasteiger partial charge in [0.25, 0.3) is 8.32 Å². The first kappa shape index (κ1) is 35.3. The number of amides is 1. The molecule has 2 rings (SSSR count). The minimum Gasteiger partial charge on any atom is -0.480 e. The number of rotatable bonds is 14. The van der Waals surface area contributed by atoms with Gasteiger partial charge in [0, 0.05) is 5.92 Å². The Kier molecular flexibility index (Phi) is 13.1. The number of alkyl carbamates (subject to hydrolysis) is 1. The van der Waals surface area contributed by atoms with Gasteiger partial charge in [0.15, 0.2) is 0 Å². The summed E-state index contributed by atoms with van der Waals surface area (Å²) in [5, 5.41) is 15.2.